The summed E-state index contributed by atoms with van der Waals surface area (Å²) in [5, 5.41) is 15.7. The lowest BCUT2D eigenvalue weighted by atomic mass is 9.78. The molecule has 0 amide bonds. The maximum atomic E-state index is 10.2. The van der Waals surface area contributed by atoms with Crippen LogP contribution in [0.4, 0.5) is 11.9 Å². The van der Waals surface area contributed by atoms with Crippen LogP contribution < -0.4 is 10.2 Å². The number of aromatic nitrogens is 3. The Balaban J connectivity index is 2.30. The second kappa shape index (κ2) is 10.6. The van der Waals surface area contributed by atoms with Gasteiger partial charge in [-0.2, -0.15) is 10.0 Å². The summed E-state index contributed by atoms with van der Waals surface area (Å²) in [6.07, 6.45) is 6.63. The zero-order valence-corrected chi connectivity index (χ0v) is 21.8. The van der Waals surface area contributed by atoms with Gasteiger partial charge in [-0.05, 0) is 74.1 Å². The van der Waals surface area contributed by atoms with Crippen molar-refractivity contribution in [3.05, 3.63) is 6.33 Å². The molecule has 1 unspecified atom stereocenters. The standard InChI is InChI=1S/C24H46N6O2/c1-10-12-13-29(21-26-17-25-20(28-21)27-18(3)11-2)19-14-22(4,5)30(23(6,7)15-19)32-16-24(8,9)31/h17-19,31H,10-16H2,1-9H3,(H,25,26,27,28). The normalized spacial score (nSPS) is 20.2. The van der Waals surface area contributed by atoms with Gasteiger partial charge in [0.2, 0.25) is 11.9 Å². The molecule has 1 atom stereocenters. The third kappa shape index (κ3) is 7.25. The van der Waals surface area contributed by atoms with Crippen LogP contribution in [0.5, 0.6) is 0 Å². The average Bonchev–Trinajstić information content (AvgIpc) is 2.65. The Labute approximate surface area is 195 Å². The van der Waals surface area contributed by atoms with Gasteiger partial charge in [0.05, 0.1) is 12.2 Å². The van der Waals surface area contributed by atoms with Crippen molar-refractivity contribution in [3.63, 3.8) is 0 Å². The molecule has 0 radical (unpaired) electrons. The van der Waals surface area contributed by atoms with Crippen LogP contribution in [0, 0.1) is 0 Å². The molecule has 1 aromatic rings. The molecule has 32 heavy (non-hydrogen) atoms. The van der Waals surface area contributed by atoms with Crippen molar-refractivity contribution in [2.45, 2.75) is 123 Å². The Hall–Kier alpha value is -1.51. The highest BCUT2D eigenvalue weighted by Gasteiger charge is 2.48. The lowest BCUT2D eigenvalue weighted by molar-refractivity contribution is -0.298. The molecule has 1 aliphatic rings. The first-order valence-corrected chi connectivity index (χ1v) is 12.2. The number of anilines is 2. The fraction of sp³-hybridized carbons (Fsp3) is 0.875. The fourth-order valence-electron chi connectivity index (χ4n) is 4.60. The topological polar surface area (TPSA) is 86.6 Å². The van der Waals surface area contributed by atoms with E-state index in [4.69, 9.17) is 9.82 Å². The van der Waals surface area contributed by atoms with Crippen LogP contribution in [0.25, 0.3) is 0 Å². The second-order valence-corrected chi connectivity index (χ2v) is 11.2. The summed E-state index contributed by atoms with van der Waals surface area (Å²) < 4.78 is 0. The lowest BCUT2D eigenvalue weighted by Gasteiger charge is -2.56. The van der Waals surface area contributed by atoms with Crippen molar-refractivity contribution in [2.24, 2.45) is 0 Å². The Kier molecular flexibility index (Phi) is 8.87. The maximum Gasteiger partial charge on any atom is 0.230 e. The van der Waals surface area contributed by atoms with Crippen molar-refractivity contribution in [1.82, 2.24) is 20.0 Å². The van der Waals surface area contributed by atoms with E-state index < -0.39 is 5.60 Å². The van der Waals surface area contributed by atoms with Gasteiger partial charge < -0.3 is 15.3 Å². The molecule has 1 fully saturated rings. The summed E-state index contributed by atoms with van der Waals surface area (Å²) in [5.41, 5.74) is -1.31. The van der Waals surface area contributed by atoms with Crippen molar-refractivity contribution in [2.75, 3.05) is 23.4 Å². The van der Waals surface area contributed by atoms with Gasteiger partial charge in [-0.1, -0.05) is 20.3 Å². The van der Waals surface area contributed by atoms with Gasteiger partial charge >= 0.3 is 0 Å². The lowest BCUT2D eigenvalue weighted by Crippen LogP contribution is -2.64. The predicted octanol–water partition coefficient (Wildman–Crippen LogP) is 4.41. The minimum Gasteiger partial charge on any atom is -0.388 e. The van der Waals surface area contributed by atoms with Gasteiger partial charge in [0.25, 0.3) is 0 Å². The molecule has 2 heterocycles. The minimum absolute atomic E-state index is 0.215. The van der Waals surface area contributed by atoms with Gasteiger partial charge in [-0.25, -0.2) is 9.97 Å². The van der Waals surface area contributed by atoms with Crippen molar-refractivity contribution < 1.29 is 9.94 Å². The van der Waals surface area contributed by atoms with Crippen LogP contribution >= 0.6 is 0 Å². The molecule has 2 rings (SSSR count). The summed E-state index contributed by atoms with van der Waals surface area (Å²) in [6, 6.07) is 0.579. The van der Waals surface area contributed by atoms with Crippen molar-refractivity contribution >= 4 is 11.9 Å². The van der Waals surface area contributed by atoms with E-state index in [0.29, 0.717) is 12.0 Å². The molecule has 1 saturated heterocycles. The number of hydrogen-bond acceptors (Lipinski definition) is 8. The average molecular weight is 451 g/mol. The van der Waals surface area contributed by atoms with E-state index in [9.17, 15) is 5.11 Å². The Morgan fingerprint density at radius 3 is 2.38 bits per heavy atom. The molecule has 2 N–H and O–H groups in total. The summed E-state index contributed by atoms with van der Waals surface area (Å²) in [5.74, 6) is 1.37. The maximum absolute atomic E-state index is 10.2. The number of hydrogen-bond donors (Lipinski definition) is 2. The number of aliphatic hydroxyl groups is 1. The molecule has 8 nitrogen and oxygen atoms in total. The van der Waals surface area contributed by atoms with E-state index in [0.717, 1.165) is 44.6 Å². The highest BCUT2D eigenvalue weighted by molar-refractivity contribution is 5.38. The Morgan fingerprint density at radius 2 is 1.84 bits per heavy atom. The van der Waals surface area contributed by atoms with Crippen LogP contribution in [-0.2, 0) is 4.84 Å². The minimum atomic E-state index is -0.875. The van der Waals surface area contributed by atoms with E-state index >= 15 is 0 Å². The molecular formula is C24H46N6O2. The van der Waals surface area contributed by atoms with Gasteiger partial charge in [0, 0.05) is 29.7 Å². The first kappa shape index (κ1) is 26.7. The molecule has 0 bridgehead atoms. The molecule has 184 valence electrons. The van der Waals surface area contributed by atoms with Crippen LogP contribution in [0.2, 0.25) is 0 Å². The third-order valence-electron chi connectivity index (χ3n) is 6.11. The molecule has 0 spiro atoms. The monoisotopic (exact) mass is 450 g/mol. The first-order chi connectivity index (χ1) is 14.8. The number of nitrogens with one attached hydrogen (secondary N) is 1. The second-order valence-electron chi connectivity index (χ2n) is 11.2. The quantitative estimate of drug-likeness (QED) is 0.513. The fourth-order valence-corrected chi connectivity index (χ4v) is 4.60. The van der Waals surface area contributed by atoms with Gasteiger partial charge in [-0.15, -0.1) is 0 Å². The molecule has 0 aromatic carbocycles. The zero-order chi connectivity index (χ0) is 24.2. The molecule has 0 aliphatic carbocycles. The third-order valence-corrected chi connectivity index (χ3v) is 6.11. The van der Waals surface area contributed by atoms with E-state index in [1.54, 1.807) is 20.2 Å². The number of nitrogens with zero attached hydrogens (tertiary/aromatic N) is 5. The van der Waals surface area contributed by atoms with E-state index in [2.05, 4.69) is 73.7 Å². The van der Waals surface area contributed by atoms with Crippen LogP contribution in [-0.4, -0.2) is 67.0 Å². The van der Waals surface area contributed by atoms with E-state index in [1.165, 1.54) is 0 Å². The summed E-state index contributed by atoms with van der Waals surface area (Å²) in [6.45, 7) is 20.1. The SMILES string of the molecule is CCCCN(c1ncnc(NC(C)CC)n1)C1CC(C)(C)N(OCC(C)(C)O)C(C)(C)C1. The van der Waals surface area contributed by atoms with Gasteiger partial charge in [0.15, 0.2) is 0 Å². The summed E-state index contributed by atoms with van der Waals surface area (Å²) >= 11 is 0. The summed E-state index contributed by atoms with van der Waals surface area (Å²) in [7, 11) is 0. The van der Waals surface area contributed by atoms with Crippen LogP contribution in [0.3, 0.4) is 0 Å². The highest BCUT2D eigenvalue weighted by Crippen LogP contribution is 2.41. The van der Waals surface area contributed by atoms with Crippen molar-refractivity contribution in [3.8, 4) is 0 Å². The smallest absolute Gasteiger partial charge is 0.230 e. The Morgan fingerprint density at radius 1 is 1.22 bits per heavy atom. The predicted molar refractivity (Wildman–Crippen MR) is 131 cm³/mol. The highest BCUT2D eigenvalue weighted by atomic mass is 16.7. The van der Waals surface area contributed by atoms with Crippen molar-refractivity contribution in [1.29, 1.82) is 0 Å². The molecule has 1 aliphatic heterocycles. The first-order valence-electron chi connectivity index (χ1n) is 12.2. The van der Waals surface area contributed by atoms with Crippen LogP contribution in [0.1, 0.15) is 94.4 Å². The number of hydroxylamine groups is 2. The molecule has 0 saturated carbocycles. The summed E-state index contributed by atoms with van der Waals surface area (Å²) in [4.78, 5) is 22.2. The van der Waals surface area contributed by atoms with Crippen LogP contribution in [0.15, 0.2) is 6.33 Å². The largest absolute Gasteiger partial charge is 0.388 e. The van der Waals surface area contributed by atoms with E-state index in [1.807, 2.05) is 0 Å². The number of unbranched alkanes of at least 4 members (excludes halogenated alkanes) is 1. The van der Waals surface area contributed by atoms with E-state index in [-0.39, 0.29) is 23.7 Å². The Bertz CT molecular complexity index is 701. The van der Waals surface area contributed by atoms with Gasteiger partial charge in [-0.3, -0.25) is 4.84 Å². The molecule has 8 heteroatoms. The molecular weight excluding hydrogens is 404 g/mol. The van der Waals surface area contributed by atoms with Gasteiger partial charge in [0.1, 0.15) is 6.33 Å². The zero-order valence-electron chi connectivity index (χ0n) is 21.8. The number of piperidine rings is 1. The molecule has 1 aromatic heterocycles. The number of rotatable bonds is 11.